The van der Waals surface area contributed by atoms with Crippen molar-refractivity contribution in [2.24, 2.45) is 0 Å². The molecule has 0 aliphatic carbocycles. The Bertz CT molecular complexity index is 578. The molecule has 3 rings (SSSR count). The zero-order chi connectivity index (χ0) is 12.5. The molecule has 0 bridgehead atoms. The smallest absolute Gasteiger partial charge is 0.231 e. The SMILES string of the molecule is CNCc1nc(-c2ccc3c(c2)OCO3)[nH]c1C. The molecule has 2 N–H and O–H groups in total. The van der Waals surface area contributed by atoms with Crippen molar-refractivity contribution in [1.82, 2.24) is 15.3 Å². The van der Waals surface area contributed by atoms with Gasteiger partial charge in [0, 0.05) is 17.8 Å². The molecule has 2 aromatic rings. The average molecular weight is 245 g/mol. The van der Waals surface area contributed by atoms with Crippen molar-refractivity contribution in [3.63, 3.8) is 0 Å². The second kappa shape index (κ2) is 4.34. The van der Waals surface area contributed by atoms with Crippen LogP contribution in [0.5, 0.6) is 11.5 Å². The Morgan fingerprint density at radius 2 is 2.17 bits per heavy atom. The van der Waals surface area contributed by atoms with Crippen LogP contribution in [0, 0.1) is 6.92 Å². The van der Waals surface area contributed by atoms with E-state index in [2.05, 4.69) is 15.3 Å². The van der Waals surface area contributed by atoms with Crippen LogP contribution in [0.25, 0.3) is 11.4 Å². The van der Waals surface area contributed by atoms with Crippen LogP contribution in [-0.4, -0.2) is 23.8 Å². The number of aromatic nitrogens is 2. The van der Waals surface area contributed by atoms with Gasteiger partial charge in [-0.05, 0) is 32.2 Å². The molecule has 1 aliphatic heterocycles. The van der Waals surface area contributed by atoms with Crippen molar-refractivity contribution < 1.29 is 9.47 Å². The minimum Gasteiger partial charge on any atom is -0.454 e. The number of rotatable bonds is 3. The highest BCUT2D eigenvalue weighted by molar-refractivity contribution is 5.62. The van der Waals surface area contributed by atoms with Gasteiger partial charge in [-0.3, -0.25) is 0 Å². The standard InChI is InChI=1S/C13H15N3O2/c1-8-10(6-14-2)16-13(15-8)9-3-4-11-12(5-9)18-7-17-11/h3-5,14H,6-7H2,1-2H3,(H,15,16). The van der Waals surface area contributed by atoms with Gasteiger partial charge in [0.25, 0.3) is 0 Å². The lowest BCUT2D eigenvalue weighted by atomic mass is 10.2. The summed E-state index contributed by atoms with van der Waals surface area (Å²) in [6.07, 6.45) is 0. The number of H-pyrrole nitrogens is 1. The highest BCUT2D eigenvalue weighted by atomic mass is 16.7. The van der Waals surface area contributed by atoms with E-state index >= 15 is 0 Å². The van der Waals surface area contributed by atoms with Gasteiger partial charge in [0.2, 0.25) is 6.79 Å². The van der Waals surface area contributed by atoms with Crippen LogP contribution in [0.15, 0.2) is 18.2 Å². The first-order valence-electron chi connectivity index (χ1n) is 5.88. The van der Waals surface area contributed by atoms with E-state index in [4.69, 9.17) is 9.47 Å². The summed E-state index contributed by atoms with van der Waals surface area (Å²) in [6, 6.07) is 5.84. The van der Waals surface area contributed by atoms with Crippen LogP contribution in [0.3, 0.4) is 0 Å². The second-order valence-electron chi connectivity index (χ2n) is 4.26. The lowest BCUT2D eigenvalue weighted by Crippen LogP contribution is -2.06. The first-order chi connectivity index (χ1) is 8.78. The number of imidazole rings is 1. The molecule has 5 heteroatoms. The number of ether oxygens (including phenoxy) is 2. The molecule has 94 valence electrons. The first kappa shape index (κ1) is 11.1. The summed E-state index contributed by atoms with van der Waals surface area (Å²) in [5.41, 5.74) is 3.12. The molecular weight excluding hydrogens is 230 g/mol. The lowest BCUT2D eigenvalue weighted by Gasteiger charge is -1.99. The Morgan fingerprint density at radius 1 is 1.33 bits per heavy atom. The van der Waals surface area contributed by atoms with Gasteiger partial charge in [-0.2, -0.15) is 0 Å². The fraction of sp³-hybridized carbons (Fsp3) is 0.308. The Labute approximate surface area is 105 Å². The quantitative estimate of drug-likeness (QED) is 0.866. The predicted molar refractivity (Wildman–Crippen MR) is 67.6 cm³/mol. The molecule has 1 aromatic carbocycles. The summed E-state index contributed by atoms with van der Waals surface area (Å²) >= 11 is 0. The summed E-state index contributed by atoms with van der Waals surface area (Å²) < 4.78 is 10.7. The third-order valence-electron chi connectivity index (χ3n) is 2.98. The van der Waals surface area contributed by atoms with E-state index < -0.39 is 0 Å². The van der Waals surface area contributed by atoms with Crippen LogP contribution in [0.4, 0.5) is 0 Å². The molecule has 5 nitrogen and oxygen atoms in total. The number of hydrogen-bond donors (Lipinski definition) is 2. The Kier molecular flexibility index (Phi) is 2.68. The fourth-order valence-corrected chi connectivity index (χ4v) is 2.02. The summed E-state index contributed by atoms with van der Waals surface area (Å²) in [5.74, 6) is 2.42. The van der Waals surface area contributed by atoms with Crippen molar-refractivity contribution in [3.05, 3.63) is 29.6 Å². The number of nitrogens with zero attached hydrogens (tertiary/aromatic N) is 1. The molecule has 2 heterocycles. The molecule has 0 radical (unpaired) electrons. The fourth-order valence-electron chi connectivity index (χ4n) is 2.02. The summed E-state index contributed by atoms with van der Waals surface area (Å²) in [5, 5.41) is 3.10. The number of aryl methyl sites for hydroxylation is 1. The van der Waals surface area contributed by atoms with Gasteiger partial charge in [0.1, 0.15) is 5.82 Å². The zero-order valence-corrected chi connectivity index (χ0v) is 10.4. The number of benzene rings is 1. The van der Waals surface area contributed by atoms with Crippen LogP contribution >= 0.6 is 0 Å². The summed E-state index contributed by atoms with van der Waals surface area (Å²) in [6.45, 7) is 3.07. The van der Waals surface area contributed by atoms with Gasteiger partial charge in [0.15, 0.2) is 11.5 Å². The third-order valence-corrected chi connectivity index (χ3v) is 2.98. The molecule has 1 aromatic heterocycles. The van der Waals surface area contributed by atoms with Crippen LogP contribution < -0.4 is 14.8 Å². The minimum absolute atomic E-state index is 0.293. The average Bonchev–Trinajstić information content (AvgIpc) is 2.96. The van der Waals surface area contributed by atoms with E-state index in [1.165, 1.54) is 0 Å². The first-order valence-corrected chi connectivity index (χ1v) is 5.88. The molecule has 0 amide bonds. The molecule has 0 saturated carbocycles. The van der Waals surface area contributed by atoms with Crippen molar-refractivity contribution in [2.75, 3.05) is 13.8 Å². The minimum atomic E-state index is 0.293. The third kappa shape index (κ3) is 1.82. The molecule has 0 unspecified atom stereocenters. The van der Waals surface area contributed by atoms with E-state index in [1.807, 2.05) is 32.2 Å². The summed E-state index contributed by atoms with van der Waals surface area (Å²) in [7, 11) is 1.91. The number of fused-ring (bicyclic) bond motifs is 1. The predicted octanol–water partition coefficient (Wildman–Crippen LogP) is 1.83. The Balaban J connectivity index is 1.97. The number of hydrogen-bond acceptors (Lipinski definition) is 4. The molecular formula is C13H15N3O2. The van der Waals surface area contributed by atoms with Crippen LogP contribution in [-0.2, 0) is 6.54 Å². The highest BCUT2D eigenvalue weighted by Crippen LogP contribution is 2.35. The number of nitrogens with one attached hydrogen (secondary N) is 2. The molecule has 0 atom stereocenters. The van der Waals surface area contributed by atoms with E-state index in [9.17, 15) is 0 Å². The van der Waals surface area contributed by atoms with Crippen molar-refractivity contribution >= 4 is 0 Å². The molecule has 0 spiro atoms. The van der Waals surface area contributed by atoms with Gasteiger partial charge in [-0.1, -0.05) is 0 Å². The molecule has 18 heavy (non-hydrogen) atoms. The monoisotopic (exact) mass is 245 g/mol. The zero-order valence-electron chi connectivity index (χ0n) is 10.4. The van der Waals surface area contributed by atoms with E-state index in [1.54, 1.807) is 0 Å². The molecule has 0 fully saturated rings. The highest BCUT2D eigenvalue weighted by Gasteiger charge is 2.15. The van der Waals surface area contributed by atoms with Crippen molar-refractivity contribution in [3.8, 4) is 22.9 Å². The van der Waals surface area contributed by atoms with Crippen LogP contribution in [0.2, 0.25) is 0 Å². The van der Waals surface area contributed by atoms with E-state index in [0.29, 0.717) is 6.79 Å². The van der Waals surface area contributed by atoms with Gasteiger partial charge in [0.05, 0.1) is 5.69 Å². The maximum Gasteiger partial charge on any atom is 0.231 e. The summed E-state index contributed by atoms with van der Waals surface area (Å²) in [4.78, 5) is 7.87. The van der Waals surface area contributed by atoms with Crippen molar-refractivity contribution in [1.29, 1.82) is 0 Å². The van der Waals surface area contributed by atoms with Gasteiger partial charge in [-0.25, -0.2) is 4.98 Å². The largest absolute Gasteiger partial charge is 0.454 e. The normalized spacial score (nSPS) is 13.0. The molecule has 1 aliphatic rings. The maximum absolute atomic E-state index is 5.37. The molecule has 0 saturated heterocycles. The van der Waals surface area contributed by atoms with Gasteiger partial charge < -0.3 is 19.8 Å². The topological polar surface area (TPSA) is 59.2 Å². The van der Waals surface area contributed by atoms with E-state index in [-0.39, 0.29) is 0 Å². The van der Waals surface area contributed by atoms with Crippen LogP contribution in [0.1, 0.15) is 11.4 Å². The van der Waals surface area contributed by atoms with Gasteiger partial charge >= 0.3 is 0 Å². The maximum atomic E-state index is 5.37. The van der Waals surface area contributed by atoms with Crippen molar-refractivity contribution in [2.45, 2.75) is 13.5 Å². The number of aromatic amines is 1. The lowest BCUT2D eigenvalue weighted by molar-refractivity contribution is 0.174. The van der Waals surface area contributed by atoms with Gasteiger partial charge in [-0.15, -0.1) is 0 Å². The second-order valence-corrected chi connectivity index (χ2v) is 4.26. The Hall–Kier alpha value is -2.01. The van der Waals surface area contributed by atoms with E-state index in [0.717, 1.165) is 40.8 Å². The Morgan fingerprint density at radius 3 is 3.00 bits per heavy atom.